The average molecular weight is 409 g/mol. The highest BCUT2D eigenvalue weighted by Crippen LogP contribution is 2.36. The molecule has 3 heterocycles. The molecule has 1 saturated heterocycles. The van der Waals surface area contributed by atoms with Crippen LogP contribution in [-0.2, 0) is 4.79 Å². The van der Waals surface area contributed by atoms with Crippen LogP contribution in [0.2, 0.25) is 0 Å². The van der Waals surface area contributed by atoms with Crippen molar-refractivity contribution in [3.05, 3.63) is 81.7 Å². The minimum Gasteiger partial charge on any atom is -0.457 e. The maximum Gasteiger partial charge on any atom is 0.270 e. The van der Waals surface area contributed by atoms with Crippen LogP contribution in [0.1, 0.15) is 5.76 Å². The molecule has 28 heavy (non-hydrogen) atoms. The smallest absolute Gasteiger partial charge is 0.270 e. The molecule has 0 radical (unpaired) electrons. The predicted molar refractivity (Wildman–Crippen MR) is 111 cm³/mol. The van der Waals surface area contributed by atoms with Crippen molar-refractivity contribution in [3.63, 3.8) is 0 Å². The monoisotopic (exact) mass is 409 g/mol. The van der Waals surface area contributed by atoms with Crippen LogP contribution in [0.25, 0.3) is 17.4 Å². The second-order valence-electron chi connectivity index (χ2n) is 5.74. The first kappa shape index (κ1) is 18.1. The highest BCUT2D eigenvalue weighted by Gasteiger charge is 2.33. The number of thiocarbonyl (C=S) groups is 1. The number of thioether (sulfide) groups is 1. The lowest BCUT2D eigenvalue weighted by molar-refractivity contribution is -0.384. The summed E-state index contributed by atoms with van der Waals surface area (Å²) >= 11 is 6.49. The number of aromatic nitrogens is 1. The highest BCUT2D eigenvalue weighted by molar-refractivity contribution is 8.27. The third kappa shape index (κ3) is 3.45. The van der Waals surface area contributed by atoms with Gasteiger partial charge in [0.05, 0.1) is 21.7 Å². The van der Waals surface area contributed by atoms with Crippen LogP contribution < -0.4 is 4.90 Å². The molecule has 2 aromatic heterocycles. The van der Waals surface area contributed by atoms with E-state index in [2.05, 4.69) is 4.98 Å². The van der Waals surface area contributed by atoms with E-state index in [0.29, 0.717) is 32.0 Å². The van der Waals surface area contributed by atoms with Crippen LogP contribution in [-0.4, -0.2) is 20.1 Å². The average Bonchev–Trinajstić information content (AvgIpc) is 3.27. The van der Waals surface area contributed by atoms with Crippen LogP contribution in [0.4, 0.5) is 11.4 Å². The molecule has 1 amide bonds. The van der Waals surface area contributed by atoms with Gasteiger partial charge in [-0.15, -0.1) is 0 Å². The molecule has 4 rings (SSSR count). The fourth-order valence-corrected chi connectivity index (χ4v) is 3.94. The molecule has 1 aromatic carbocycles. The number of hydrogen-bond donors (Lipinski definition) is 0. The van der Waals surface area contributed by atoms with E-state index in [-0.39, 0.29) is 11.6 Å². The Hall–Kier alpha value is -3.30. The molecule has 0 atom stereocenters. The third-order valence-electron chi connectivity index (χ3n) is 3.94. The van der Waals surface area contributed by atoms with Gasteiger partial charge in [-0.25, -0.2) is 0 Å². The molecule has 1 aliphatic heterocycles. The van der Waals surface area contributed by atoms with Crippen LogP contribution in [0, 0.1) is 10.1 Å². The number of hydrogen-bond acceptors (Lipinski definition) is 7. The number of nitrogens with zero attached hydrogens (tertiary/aromatic N) is 3. The summed E-state index contributed by atoms with van der Waals surface area (Å²) in [4.78, 5) is 29.1. The van der Waals surface area contributed by atoms with Gasteiger partial charge in [-0.2, -0.15) is 0 Å². The van der Waals surface area contributed by atoms with Crippen molar-refractivity contribution < 1.29 is 14.1 Å². The van der Waals surface area contributed by atoms with Crippen molar-refractivity contribution in [2.45, 2.75) is 0 Å². The predicted octanol–water partition coefficient (Wildman–Crippen LogP) is 4.66. The molecule has 0 saturated carbocycles. The number of nitro benzene ring substituents is 1. The number of non-ortho nitro benzene ring substituents is 1. The van der Waals surface area contributed by atoms with Crippen molar-refractivity contribution in [2.24, 2.45) is 0 Å². The number of anilines is 1. The molecule has 7 nitrogen and oxygen atoms in total. The van der Waals surface area contributed by atoms with Gasteiger partial charge in [0.15, 0.2) is 4.32 Å². The summed E-state index contributed by atoms with van der Waals surface area (Å²) in [7, 11) is 0. The highest BCUT2D eigenvalue weighted by atomic mass is 32.2. The number of amides is 1. The SMILES string of the molecule is O=C1/C(=C/c2ccc(-c3cccc([N+](=O)[O-])c3)o2)SC(=S)N1c1cccnc1. The van der Waals surface area contributed by atoms with E-state index in [9.17, 15) is 14.9 Å². The van der Waals surface area contributed by atoms with Crippen LogP contribution in [0.3, 0.4) is 0 Å². The van der Waals surface area contributed by atoms with E-state index >= 15 is 0 Å². The maximum absolute atomic E-state index is 12.7. The Kier molecular flexibility index (Phi) is 4.76. The third-order valence-corrected chi connectivity index (χ3v) is 5.24. The molecule has 3 aromatic rings. The Morgan fingerprint density at radius 2 is 2.07 bits per heavy atom. The summed E-state index contributed by atoms with van der Waals surface area (Å²) in [5, 5.41) is 10.9. The zero-order valence-corrected chi connectivity index (χ0v) is 15.8. The van der Waals surface area contributed by atoms with Gasteiger partial charge in [-0.05, 0) is 24.3 Å². The van der Waals surface area contributed by atoms with Gasteiger partial charge in [0, 0.05) is 30.0 Å². The molecule has 0 spiro atoms. The first-order valence-electron chi connectivity index (χ1n) is 8.05. The van der Waals surface area contributed by atoms with E-state index in [1.807, 2.05) is 0 Å². The Balaban J connectivity index is 1.61. The van der Waals surface area contributed by atoms with Gasteiger partial charge >= 0.3 is 0 Å². The lowest BCUT2D eigenvalue weighted by atomic mass is 10.1. The van der Waals surface area contributed by atoms with Crippen LogP contribution >= 0.6 is 24.0 Å². The van der Waals surface area contributed by atoms with E-state index in [1.165, 1.54) is 28.8 Å². The fraction of sp³-hybridized carbons (Fsp3) is 0. The van der Waals surface area contributed by atoms with E-state index in [4.69, 9.17) is 16.6 Å². The zero-order valence-electron chi connectivity index (χ0n) is 14.1. The molecule has 1 aliphatic rings. The summed E-state index contributed by atoms with van der Waals surface area (Å²) in [5.74, 6) is 0.669. The van der Waals surface area contributed by atoms with Gasteiger partial charge in [0.2, 0.25) is 0 Å². The molecular weight excluding hydrogens is 398 g/mol. The normalized spacial score (nSPS) is 15.4. The summed E-state index contributed by atoms with van der Waals surface area (Å²) in [6.45, 7) is 0. The van der Waals surface area contributed by atoms with E-state index in [0.717, 1.165) is 0 Å². The molecule has 9 heteroatoms. The summed E-state index contributed by atoms with van der Waals surface area (Å²) in [5.41, 5.74) is 1.16. The number of carbonyl (C=O) groups is 1. The zero-order chi connectivity index (χ0) is 19.7. The Morgan fingerprint density at radius 1 is 1.21 bits per heavy atom. The first-order chi connectivity index (χ1) is 13.5. The quantitative estimate of drug-likeness (QED) is 0.268. The van der Waals surface area contributed by atoms with Crippen LogP contribution in [0.15, 0.2) is 70.2 Å². The Labute approximate surface area is 168 Å². The lowest BCUT2D eigenvalue weighted by Gasteiger charge is -2.13. The molecule has 0 N–H and O–H groups in total. The van der Waals surface area contributed by atoms with Gasteiger partial charge in [0.25, 0.3) is 11.6 Å². The van der Waals surface area contributed by atoms with E-state index < -0.39 is 4.92 Å². The molecular formula is C19H11N3O4S2. The summed E-state index contributed by atoms with van der Waals surface area (Å²) in [6.07, 6.45) is 4.80. The minimum atomic E-state index is -0.461. The van der Waals surface area contributed by atoms with Crippen molar-refractivity contribution in [1.29, 1.82) is 0 Å². The first-order valence-corrected chi connectivity index (χ1v) is 9.28. The molecule has 0 bridgehead atoms. The Morgan fingerprint density at radius 3 is 2.82 bits per heavy atom. The molecule has 0 aliphatic carbocycles. The largest absolute Gasteiger partial charge is 0.457 e. The number of pyridine rings is 1. The number of carbonyl (C=O) groups excluding carboxylic acids is 1. The molecule has 138 valence electrons. The Bertz CT molecular complexity index is 1120. The molecule has 0 unspecified atom stereocenters. The topological polar surface area (TPSA) is 89.5 Å². The number of rotatable bonds is 4. The van der Waals surface area contributed by atoms with Gasteiger partial charge in [-0.3, -0.25) is 24.8 Å². The number of furan rings is 1. The van der Waals surface area contributed by atoms with Crippen molar-refractivity contribution >= 4 is 51.7 Å². The van der Waals surface area contributed by atoms with E-state index in [1.54, 1.807) is 54.9 Å². The minimum absolute atomic E-state index is 0.0206. The number of nitro groups is 1. The van der Waals surface area contributed by atoms with Gasteiger partial charge in [0.1, 0.15) is 11.5 Å². The second kappa shape index (κ2) is 7.37. The van der Waals surface area contributed by atoms with Crippen LogP contribution in [0.5, 0.6) is 0 Å². The lowest BCUT2D eigenvalue weighted by Crippen LogP contribution is -2.27. The maximum atomic E-state index is 12.7. The van der Waals surface area contributed by atoms with Crippen molar-refractivity contribution in [1.82, 2.24) is 4.98 Å². The standard InChI is InChI=1S/C19H11N3O4S2/c23-18-17(28-19(27)21(18)14-5-2-8-20-11-14)10-15-6-7-16(26-15)12-3-1-4-13(9-12)22(24)25/h1-11H/b17-10-. The molecule has 1 fully saturated rings. The summed E-state index contributed by atoms with van der Waals surface area (Å²) < 4.78 is 6.16. The number of benzene rings is 1. The van der Waals surface area contributed by atoms with Crippen molar-refractivity contribution in [3.8, 4) is 11.3 Å². The van der Waals surface area contributed by atoms with Gasteiger partial charge < -0.3 is 4.42 Å². The fourth-order valence-electron chi connectivity index (χ4n) is 2.66. The van der Waals surface area contributed by atoms with Gasteiger partial charge in [-0.1, -0.05) is 36.1 Å². The second-order valence-corrected chi connectivity index (χ2v) is 7.41. The summed E-state index contributed by atoms with van der Waals surface area (Å²) in [6, 6.07) is 13.1. The van der Waals surface area contributed by atoms with Crippen molar-refractivity contribution in [2.75, 3.05) is 4.90 Å².